The number of amides is 1. The van der Waals surface area contributed by atoms with E-state index in [1.165, 1.54) is 0 Å². The molecule has 3 nitrogen and oxygen atoms in total. The fraction of sp³-hybridized carbons (Fsp3) is 0.273. The molecule has 0 spiro atoms. The van der Waals surface area contributed by atoms with Gasteiger partial charge in [0, 0.05) is 11.6 Å². The normalized spacial score (nSPS) is 11.9. The summed E-state index contributed by atoms with van der Waals surface area (Å²) >= 11 is 10.7. The van der Waals surface area contributed by atoms with Gasteiger partial charge >= 0.3 is 0 Å². The Bertz CT molecular complexity index is 409. The maximum absolute atomic E-state index is 11.5. The van der Waals surface area contributed by atoms with Gasteiger partial charge < -0.3 is 11.1 Å². The van der Waals surface area contributed by atoms with E-state index in [-0.39, 0.29) is 10.9 Å². The summed E-state index contributed by atoms with van der Waals surface area (Å²) in [4.78, 5) is 11.7. The van der Waals surface area contributed by atoms with Crippen LogP contribution in [0.25, 0.3) is 0 Å². The molecule has 0 aliphatic rings. The molecule has 0 aliphatic carbocycles. The third-order valence-corrected chi connectivity index (χ3v) is 2.95. The van der Waals surface area contributed by atoms with Gasteiger partial charge in [-0.2, -0.15) is 0 Å². The van der Waals surface area contributed by atoms with Crippen LogP contribution in [0.1, 0.15) is 12.5 Å². The Hall–Kier alpha value is -1.13. The summed E-state index contributed by atoms with van der Waals surface area (Å²) in [6.07, 6.45) is 0. The van der Waals surface area contributed by atoms with Gasteiger partial charge in [0.05, 0.1) is 10.9 Å². The lowest BCUT2D eigenvalue weighted by molar-refractivity contribution is -0.122. The fourth-order valence-corrected chi connectivity index (χ4v) is 1.42. The number of rotatable bonds is 4. The molecular formula is C11H13ClN2OS. The van der Waals surface area contributed by atoms with E-state index in [0.29, 0.717) is 11.6 Å². The smallest absolute Gasteiger partial charge is 0.229 e. The first kappa shape index (κ1) is 12.9. The van der Waals surface area contributed by atoms with Crippen molar-refractivity contribution in [3.8, 4) is 0 Å². The van der Waals surface area contributed by atoms with Gasteiger partial charge in [-0.05, 0) is 18.6 Å². The average Bonchev–Trinajstić information content (AvgIpc) is 2.26. The summed E-state index contributed by atoms with van der Waals surface area (Å²) in [5, 5.41) is 3.36. The Labute approximate surface area is 105 Å². The van der Waals surface area contributed by atoms with Crippen LogP contribution in [0, 0.1) is 5.92 Å². The van der Waals surface area contributed by atoms with E-state index in [0.717, 1.165) is 5.56 Å². The first-order valence-corrected chi connectivity index (χ1v) is 5.61. The number of carbonyl (C=O) groups excluding carboxylic acids is 1. The van der Waals surface area contributed by atoms with Crippen molar-refractivity contribution >= 4 is 34.7 Å². The lowest BCUT2D eigenvalue weighted by atomic mass is 10.1. The van der Waals surface area contributed by atoms with Crippen LogP contribution in [-0.2, 0) is 11.3 Å². The number of carbonyl (C=O) groups is 1. The van der Waals surface area contributed by atoms with E-state index in [9.17, 15) is 4.79 Å². The third-order valence-electron chi connectivity index (χ3n) is 2.23. The SMILES string of the molecule is CC(C(=O)NCc1ccccc1Cl)C(N)=S. The number of benzene rings is 1. The predicted octanol–water partition coefficient (Wildman–Crippen LogP) is 1.88. The molecule has 86 valence electrons. The molecule has 0 radical (unpaired) electrons. The largest absolute Gasteiger partial charge is 0.393 e. The molecule has 0 bridgehead atoms. The molecule has 1 aromatic carbocycles. The van der Waals surface area contributed by atoms with Crippen LogP contribution in [0.15, 0.2) is 24.3 Å². The molecule has 1 unspecified atom stereocenters. The standard InChI is InChI=1S/C11H13ClN2OS/c1-7(10(13)16)11(15)14-6-8-4-2-3-5-9(8)12/h2-5,7H,6H2,1H3,(H2,13,16)(H,14,15). The van der Waals surface area contributed by atoms with Crippen molar-refractivity contribution in [1.29, 1.82) is 0 Å². The summed E-state index contributed by atoms with van der Waals surface area (Å²) < 4.78 is 0. The summed E-state index contributed by atoms with van der Waals surface area (Å²) in [5.41, 5.74) is 6.25. The number of halogens is 1. The molecule has 5 heteroatoms. The van der Waals surface area contributed by atoms with Crippen molar-refractivity contribution in [2.45, 2.75) is 13.5 Å². The number of nitrogens with two attached hydrogens (primary N) is 1. The van der Waals surface area contributed by atoms with E-state index < -0.39 is 5.92 Å². The molecule has 1 rings (SSSR count). The Morgan fingerprint density at radius 3 is 2.75 bits per heavy atom. The summed E-state index contributed by atoms with van der Waals surface area (Å²) in [7, 11) is 0. The van der Waals surface area contributed by atoms with Gasteiger partial charge in [-0.15, -0.1) is 0 Å². The van der Waals surface area contributed by atoms with Crippen molar-refractivity contribution in [1.82, 2.24) is 5.32 Å². The van der Waals surface area contributed by atoms with Crippen LogP contribution in [0.2, 0.25) is 5.02 Å². The highest BCUT2D eigenvalue weighted by molar-refractivity contribution is 7.80. The van der Waals surface area contributed by atoms with Crippen LogP contribution in [0.5, 0.6) is 0 Å². The molecule has 0 saturated carbocycles. The number of nitrogens with one attached hydrogen (secondary N) is 1. The lowest BCUT2D eigenvalue weighted by Crippen LogP contribution is -2.35. The second-order valence-electron chi connectivity index (χ2n) is 3.43. The summed E-state index contributed by atoms with van der Waals surface area (Å²) in [6.45, 7) is 2.05. The maximum Gasteiger partial charge on any atom is 0.229 e. The van der Waals surface area contributed by atoms with Crippen molar-refractivity contribution in [3.05, 3.63) is 34.9 Å². The average molecular weight is 257 g/mol. The molecule has 3 N–H and O–H groups in total. The highest BCUT2D eigenvalue weighted by Crippen LogP contribution is 2.14. The zero-order valence-electron chi connectivity index (χ0n) is 8.87. The number of thiocarbonyl (C=S) groups is 1. The quantitative estimate of drug-likeness (QED) is 0.809. The molecule has 0 fully saturated rings. The molecule has 1 amide bonds. The summed E-state index contributed by atoms with van der Waals surface area (Å²) in [6, 6.07) is 7.34. The Morgan fingerprint density at radius 1 is 1.56 bits per heavy atom. The lowest BCUT2D eigenvalue weighted by Gasteiger charge is -2.11. The Balaban J connectivity index is 2.56. The fourth-order valence-electron chi connectivity index (χ4n) is 1.11. The van der Waals surface area contributed by atoms with Crippen molar-refractivity contribution in [2.24, 2.45) is 11.7 Å². The minimum absolute atomic E-state index is 0.188. The van der Waals surface area contributed by atoms with Crippen molar-refractivity contribution in [3.63, 3.8) is 0 Å². The minimum Gasteiger partial charge on any atom is -0.393 e. The molecular weight excluding hydrogens is 244 g/mol. The van der Waals surface area contributed by atoms with Crippen LogP contribution in [0.3, 0.4) is 0 Å². The highest BCUT2D eigenvalue weighted by atomic mass is 35.5. The predicted molar refractivity (Wildman–Crippen MR) is 69.2 cm³/mol. The third kappa shape index (κ3) is 3.47. The molecule has 16 heavy (non-hydrogen) atoms. The van der Waals surface area contributed by atoms with Crippen LogP contribution < -0.4 is 11.1 Å². The molecule has 0 aromatic heterocycles. The topological polar surface area (TPSA) is 55.1 Å². The van der Waals surface area contributed by atoms with Gasteiger partial charge in [0.25, 0.3) is 0 Å². The van der Waals surface area contributed by atoms with Gasteiger partial charge in [0.1, 0.15) is 0 Å². The van der Waals surface area contributed by atoms with Crippen LogP contribution in [-0.4, -0.2) is 10.9 Å². The molecule has 0 heterocycles. The monoisotopic (exact) mass is 256 g/mol. The number of hydrogen-bond donors (Lipinski definition) is 2. The van der Waals surface area contributed by atoms with E-state index in [1.54, 1.807) is 13.0 Å². The molecule has 1 aromatic rings. The van der Waals surface area contributed by atoms with Crippen molar-refractivity contribution in [2.75, 3.05) is 0 Å². The zero-order valence-corrected chi connectivity index (χ0v) is 10.4. The number of hydrogen-bond acceptors (Lipinski definition) is 2. The zero-order chi connectivity index (χ0) is 12.1. The molecule has 0 aliphatic heterocycles. The van der Waals surface area contributed by atoms with Crippen LogP contribution >= 0.6 is 23.8 Å². The maximum atomic E-state index is 11.5. The van der Waals surface area contributed by atoms with Gasteiger partial charge in [0.2, 0.25) is 5.91 Å². The van der Waals surface area contributed by atoms with Gasteiger partial charge in [-0.3, -0.25) is 4.79 Å². The van der Waals surface area contributed by atoms with Gasteiger partial charge in [0.15, 0.2) is 0 Å². The van der Waals surface area contributed by atoms with E-state index in [1.807, 2.05) is 18.2 Å². The molecule has 1 atom stereocenters. The van der Waals surface area contributed by atoms with Gasteiger partial charge in [-0.1, -0.05) is 42.0 Å². The Morgan fingerprint density at radius 2 is 2.19 bits per heavy atom. The summed E-state index contributed by atoms with van der Waals surface area (Å²) in [5.74, 6) is -0.648. The van der Waals surface area contributed by atoms with Gasteiger partial charge in [-0.25, -0.2) is 0 Å². The highest BCUT2D eigenvalue weighted by Gasteiger charge is 2.15. The second-order valence-corrected chi connectivity index (χ2v) is 4.31. The van der Waals surface area contributed by atoms with E-state index >= 15 is 0 Å². The Kier molecular flexibility index (Phi) is 4.71. The van der Waals surface area contributed by atoms with E-state index in [2.05, 4.69) is 5.32 Å². The van der Waals surface area contributed by atoms with Crippen molar-refractivity contribution < 1.29 is 4.79 Å². The first-order valence-electron chi connectivity index (χ1n) is 4.83. The van der Waals surface area contributed by atoms with E-state index in [4.69, 9.17) is 29.6 Å². The van der Waals surface area contributed by atoms with Crippen LogP contribution in [0.4, 0.5) is 0 Å². The second kappa shape index (κ2) is 5.82. The minimum atomic E-state index is -0.461. The molecule has 0 saturated heterocycles. The first-order chi connectivity index (χ1) is 7.52.